The van der Waals surface area contributed by atoms with E-state index < -0.39 is 0 Å². The number of rotatable bonds is 4. The first-order chi connectivity index (χ1) is 6.20. The fraction of sp³-hybridized carbons (Fsp3) is 0.500. The van der Waals surface area contributed by atoms with Crippen molar-refractivity contribution in [2.45, 2.75) is 0 Å². The molecule has 0 unspecified atom stereocenters. The van der Waals surface area contributed by atoms with Crippen LogP contribution in [-0.2, 0) is 9.53 Å². The number of likely N-dealkylation sites (N-methyl/N-ethyl adjacent to an activating group) is 1. The van der Waals surface area contributed by atoms with Gasteiger partial charge in [-0.05, 0) is 14.1 Å². The van der Waals surface area contributed by atoms with Crippen molar-refractivity contribution in [1.82, 2.24) is 4.90 Å². The number of nitrogens with zero attached hydrogens (tertiary/aromatic N) is 1. The lowest BCUT2D eigenvalue weighted by Gasteiger charge is -2.11. The van der Waals surface area contributed by atoms with Gasteiger partial charge in [-0.2, -0.15) is 0 Å². The second-order valence-corrected chi connectivity index (χ2v) is 3.27. The van der Waals surface area contributed by atoms with Gasteiger partial charge in [-0.15, -0.1) is 0 Å². The molecule has 1 aliphatic rings. The third-order valence-corrected chi connectivity index (χ3v) is 1.80. The summed E-state index contributed by atoms with van der Waals surface area (Å²) in [5, 5.41) is 0. The van der Waals surface area contributed by atoms with Gasteiger partial charge in [0.15, 0.2) is 0 Å². The van der Waals surface area contributed by atoms with Gasteiger partial charge in [-0.3, -0.25) is 4.79 Å². The molecule has 0 aliphatic heterocycles. The molecule has 0 atom stereocenters. The van der Waals surface area contributed by atoms with Crippen LogP contribution in [0.3, 0.4) is 0 Å². The highest BCUT2D eigenvalue weighted by Crippen LogP contribution is 2.10. The van der Waals surface area contributed by atoms with Crippen molar-refractivity contribution < 1.29 is 9.53 Å². The van der Waals surface area contributed by atoms with Crippen molar-refractivity contribution in [1.29, 1.82) is 0 Å². The molecule has 0 aromatic rings. The Kier molecular flexibility index (Phi) is 3.71. The van der Waals surface area contributed by atoms with E-state index in [9.17, 15) is 4.79 Å². The Balaban J connectivity index is 2.18. The lowest BCUT2D eigenvalue weighted by molar-refractivity contribution is -0.145. The summed E-state index contributed by atoms with van der Waals surface area (Å²) in [6, 6.07) is 0. The second kappa shape index (κ2) is 4.82. The van der Waals surface area contributed by atoms with Crippen LogP contribution in [0.25, 0.3) is 0 Å². The Morgan fingerprint density at radius 1 is 1.38 bits per heavy atom. The molecule has 0 fully saturated rings. The maximum Gasteiger partial charge on any atom is 0.316 e. The van der Waals surface area contributed by atoms with E-state index in [1.807, 2.05) is 43.3 Å². The first-order valence-electron chi connectivity index (χ1n) is 4.36. The van der Waals surface area contributed by atoms with Gasteiger partial charge in [0, 0.05) is 6.54 Å². The van der Waals surface area contributed by atoms with Gasteiger partial charge in [-0.1, -0.05) is 24.3 Å². The third kappa shape index (κ3) is 3.42. The Bertz CT molecular complexity index is 219. The number of hydrogen-bond acceptors (Lipinski definition) is 3. The quantitative estimate of drug-likeness (QED) is 0.602. The Labute approximate surface area is 78.7 Å². The number of carbonyl (C=O) groups is 1. The number of ether oxygens (including phenoxy) is 1. The molecule has 13 heavy (non-hydrogen) atoms. The maximum absolute atomic E-state index is 11.3. The molecule has 0 aromatic carbocycles. The summed E-state index contributed by atoms with van der Waals surface area (Å²) >= 11 is 0. The van der Waals surface area contributed by atoms with Crippen molar-refractivity contribution in [3.63, 3.8) is 0 Å². The van der Waals surface area contributed by atoms with E-state index in [0.29, 0.717) is 6.61 Å². The van der Waals surface area contributed by atoms with Crippen LogP contribution in [0.15, 0.2) is 24.3 Å². The number of allylic oxidation sites excluding steroid dienone is 2. The van der Waals surface area contributed by atoms with Crippen LogP contribution >= 0.6 is 0 Å². The minimum Gasteiger partial charge on any atom is -0.464 e. The smallest absolute Gasteiger partial charge is 0.316 e. The fourth-order valence-corrected chi connectivity index (χ4v) is 1.01. The van der Waals surface area contributed by atoms with Gasteiger partial charge in [0.05, 0.1) is 5.92 Å². The van der Waals surface area contributed by atoms with E-state index in [1.165, 1.54) is 0 Å². The van der Waals surface area contributed by atoms with E-state index in [1.54, 1.807) is 0 Å². The highest BCUT2D eigenvalue weighted by molar-refractivity contribution is 5.77. The van der Waals surface area contributed by atoms with E-state index in [-0.39, 0.29) is 11.9 Å². The maximum atomic E-state index is 11.3. The normalized spacial score (nSPS) is 15.6. The largest absolute Gasteiger partial charge is 0.464 e. The molecule has 0 N–H and O–H groups in total. The number of hydrogen-bond donors (Lipinski definition) is 0. The molecule has 3 nitrogen and oxygen atoms in total. The van der Waals surface area contributed by atoms with Crippen LogP contribution in [0.5, 0.6) is 0 Å². The summed E-state index contributed by atoms with van der Waals surface area (Å²) in [6.45, 7) is 1.23. The van der Waals surface area contributed by atoms with Crippen LogP contribution in [0.1, 0.15) is 0 Å². The summed E-state index contributed by atoms with van der Waals surface area (Å²) in [6.07, 6.45) is 7.38. The van der Waals surface area contributed by atoms with Crippen LogP contribution in [0.2, 0.25) is 0 Å². The van der Waals surface area contributed by atoms with Crippen molar-refractivity contribution in [3.05, 3.63) is 24.3 Å². The summed E-state index contributed by atoms with van der Waals surface area (Å²) in [5.74, 6) is -0.325. The van der Waals surface area contributed by atoms with Crippen molar-refractivity contribution in [2.24, 2.45) is 5.92 Å². The average Bonchev–Trinajstić information content (AvgIpc) is 2.55. The Hall–Kier alpha value is -1.09. The second-order valence-electron chi connectivity index (χ2n) is 3.27. The molecule has 0 spiro atoms. The highest BCUT2D eigenvalue weighted by atomic mass is 16.5. The van der Waals surface area contributed by atoms with Crippen LogP contribution in [0, 0.1) is 5.92 Å². The van der Waals surface area contributed by atoms with Crippen LogP contribution in [-0.4, -0.2) is 38.1 Å². The zero-order valence-corrected chi connectivity index (χ0v) is 8.06. The molecule has 0 saturated heterocycles. The topological polar surface area (TPSA) is 29.5 Å². The molecular weight excluding hydrogens is 166 g/mol. The molecule has 0 radical (unpaired) electrons. The van der Waals surface area contributed by atoms with E-state index in [0.717, 1.165) is 6.54 Å². The van der Waals surface area contributed by atoms with Crippen molar-refractivity contribution in [3.8, 4) is 0 Å². The van der Waals surface area contributed by atoms with Crippen molar-refractivity contribution in [2.75, 3.05) is 27.2 Å². The predicted octanol–water partition coefficient (Wildman–Crippen LogP) is 0.833. The fourth-order valence-electron chi connectivity index (χ4n) is 1.01. The molecule has 1 rings (SSSR count). The Morgan fingerprint density at radius 3 is 2.54 bits per heavy atom. The molecule has 72 valence electrons. The van der Waals surface area contributed by atoms with Gasteiger partial charge >= 0.3 is 5.97 Å². The molecular formula is C10H15NO2. The lowest BCUT2D eigenvalue weighted by atomic mass is 10.2. The first kappa shape index (κ1) is 9.99. The number of esters is 1. The van der Waals surface area contributed by atoms with E-state index in [4.69, 9.17) is 4.74 Å². The lowest BCUT2D eigenvalue weighted by Crippen LogP contribution is -2.22. The van der Waals surface area contributed by atoms with Gasteiger partial charge < -0.3 is 9.64 Å². The van der Waals surface area contributed by atoms with E-state index in [2.05, 4.69) is 0 Å². The minimum absolute atomic E-state index is 0.160. The molecule has 3 heteroatoms. The summed E-state index contributed by atoms with van der Waals surface area (Å²) in [5.41, 5.74) is 0. The highest BCUT2D eigenvalue weighted by Gasteiger charge is 2.15. The minimum atomic E-state index is -0.165. The zero-order chi connectivity index (χ0) is 9.68. The molecule has 0 amide bonds. The molecule has 0 aromatic heterocycles. The molecule has 0 heterocycles. The standard InChI is InChI=1S/C10H15NO2/c1-11(2)7-8-13-10(12)9-5-3-4-6-9/h3-6,9H,7-8H2,1-2H3. The van der Waals surface area contributed by atoms with Crippen LogP contribution in [0.4, 0.5) is 0 Å². The van der Waals surface area contributed by atoms with Crippen LogP contribution < -0.4 is 0 Å². The summed E-state index contributed by atoms with van der Waals surface area (Å²) in [7, 11) is 3.90. The summed E-state index contributed by atoms with van der Waals surface area (Å²) in [4.78, 5) is 13.3. The molecule has 0 bridgehead atoms. The van der Waals surface area contributed by atoms with E-state index >= 15 is 0 Å². The first-order valence-corrected chi connectivity index (χ1v) is 4.36. The summed E-state index contributed by atoms with van der Waals surface area (Å²) < 4.78 is 5.05. The monoisotopic (exact) mass is 181 g/mol. The Morgan fingerprint density at radius 2 is 2.00 bits per heavy atom. The average molecular weight is 181 g/mol. The third-order valence-electron chi connectivity index (χ3n) is 1.80. The van der Waals surface area contributed by atoms with Crippen molar-refractivity contribution >= 4 is 5.97 Å². The van der Waals surface area contributed by atoms with Gasteiger partial charge in [-0.25, -0.2) is 0 Å². The van der Waals surface area contributed by atoms with Gasteiger partial charge in [0.25, 0.3) is 0 Å². The zero-order valence-electron chi connectivity index (χ0n) is 8.06. The molecule has 0 saturated carbocycles. The SMILES string of the molecule is CN(C)CCOC(=O)C1C=CC=C1. The number of carbonyl (C=O) groups excluding carboxylic acids is 1. The van der Waals surface area contributed by atoms with Gasteiger partial charge in [0.1, 0.15) is 6.61 Å². The predicted molar refractivity (Wildman–Crippen MR) is 51.3 cm³/mol. The van der Waals surface area contributed by atoms with Gasteiger partial charge in [0.2, 0.25) is 0 Å². The molecule has 1 aliphatic carbocycles.